The van der Waals surface area contributed by atoms with Gasteiger partial charge in [0.1, 0.15) is 0 Å². The van der Waals surface area contributed by atoms with Crippen molar-refractivity contribution >= 4 is 17.7 Å². The van der Waals surface area contributed by atoms with Gasteiger partial charge < -0.3 is 21.7 Å². The molecule has 0 fully saturated rings. The third kappa shape index (κ3) is 9.59. The maximum absolute atomic E-state index is 11.4. The number of hydrogen-bond acceptors (Lipinski definition) is 4. The third-order valence-electron chi connectivity index (χ3n) is 1.89. The first kappa shape index (κ1) is 16.4. The van der Waals surface area contributed by atoms with Gasteiger partial charge >= 0.3 is 0 Å². The van der Waals surface area contributed by atoms with Crippen molar-refractivity contribution in [3.63, 3.8) is 0 Å². The van der Waals surface area contributed by atoms with Crippen LogP contribution in [0.1, 0.15) is 20.8 Å². The van der Waals surface area contributed by atoms with Gasteiger partial charge in [-0.2, -0.15) is 0 Å². The Hall–Kier alpha value is -1.63. The van der Waals surface area contributed by atoms with Crippen LogP contribution < -0.4 is 21.7 Å². The molecule has 0 aromatic heterocycles. The Kier molecular flexibility index (Phi) is 6.96. The van der Waals surface area contributed by atoms with E-state index in [4.69, 9.17) is 5.73 Å². The lowest BCUT2D eigenvalue weighted by atomic mass is 9.97. The zero-order valence-corrected chi connectivity index (χ0v) is 11.1. The number of carbonyl (C=O) groups excluding carboxylic acids is 3. The molecular formula is C11H22N4O3. The zero-order chi connectivity index (χ0) is 14.2. The van der Waals surface area contributed by atoms with Crippen LogP contribution in [0.2, 0.25) is 0 Å². The van der Waals surface area contributed by atoms with Crippen molar-refractivity contribution in [3.05, 3.63) is 0 Å². The molecule has 0 bridgehead atoms. The molecule has 0 aromatic rings. The smallest absolute Gasteiger partial charge is 0.239 e. The number of carbonyl (C=O) groups is 3. The van der Waals surface area contributed by atoms with Crippen LogP contribution in [0.5, 0.6) is 0 Å². The molecule has 0 radical (unpaired) electrons. The summed E-state index contributed by atoms with van der Waals surface area (Å²) in [5, 5.41) is 7.39. The van der Waals surface area contributed by atoms with Crippen LogP contribution in [0.3, 0.4) is 0 Å². The first-order valence-electron chi connectivity index (χ1n) is 5.75. The van der Waals surface area contributed by atoms with Gasteiger partial charge in [0.05, 0.1) is 19.6 Å². The van der Waals surface area contributed by atoms with Crippen LogP contribution in [0.25, 0.3) is 0 Å². The SMILES string of the molecule is CC(C)(C)CNC(=O)CNC(=O)CNC(=O)CN. The second kappa shape index (κ2) is 7.65. The molecule has 0 saturated carbocycles. The van der Waals surface area contributed by atoms with Gasteiger partial charge in [-0.15, -0.1) is 0 Å². The molecule has 0 aliphatic rings. The highest BCUT2D eigenvalue weighted by molar-refractivity contribution is 5.88. The van der Waals surface area contributed by atoms with Crippen LogP contribution in [0.4, 0.5) is 0 Å². The average Bonchev–Trinajstić information content (AvgIpc) is 2.29. The number of nitrogens with two attached hydrogens (primary N) is 1. The third-order valence-corrected chi connectivity index (χ3v) is 1.89. The van der Waals surface area contributed by atoms with Crippen molar-refractivity contribution in [2.45, 2.75) is 20.8 Å². The summed E-state index contributed by atoms with van der Waals surface area (Å²) < 4.78 is 0. The van der Waals surface area contributed by atoms with Crippen LogP contribution >= 0.6 is 0 Å². The highest BCUT2D eigenvalue weighted by Crippen LogP contribution is 2.09. The van der Waals surface area contributed by atoms with Gasteiger partial charge in [0.2, 0.25) is 17.7 Å². The van der Waals surface area contributed by atoms with Crippen molar-refractivity contribution in [3.8, 4) is 0 Å². The highest BCUT2D eigenvalue weighted by Gasteiger charge is 2.12. The molecule has 104 valence electrons. The summed E-state index contributed by atoms with van der Waals surface area (Å²) >= 11 is 0. The van der Waals surface area contributed by atoms with Crippen molar-refractivity contribution < 1.29 is 14.4 Å². The molecule has 0 aliphatic heterocycles. The zero-order valence-electron chi connectivity index (χ0n) is 11.1. The van der Waals surface area contributed by atoms with E-state index in [1.165, 1.54) is 0 Å². The molecule has 0 saturated heterocycles. The minimum atomic E-state index is -0.428. The van der Waals surface area contributed by atoms with E-state index in [2.05, 4.69) is 16.0 Å². The van der Waals surface area contributed by atoms with E-state index in [0.29, 0.717) is 6.54 Å². The largest absolute Gasteiger partial charge is 0.354 e. The topological polar surface area (TPSA) is 113 Å². The number of hydrogen-bond donors (Lipinski definition) is 4. The molecule has 18 heavy (non-hydrogen) atoms. The number of rotatable bonds is 6. The minimum absolute atomic E-state index is 0.00519. The Balaban J connectivity index is 3.72. The Morgan fingerprint density at radius 1 is 0.889 bits per heavy atom. The summed E-state index contributed by atoms with van der Waals surface area (Å²) in [5.74, 6) is -1.10. The second-order valence-electron chi connectivity index (χ2n) is 5.09. The van der Waals surface area contributed by atoms with E-state index in [-0.39, 0.29) is 31.0 Å². The highest BCUT2D eigenvalue weighted by atomic mass is 16.2. The van der Waals surface area contributed by atoms with Gasteiger partial charge in [0, 0.05) is 6.54 Å². The van der Waals surface area contributed by atoms with Gasteiger partial charge in [-0.1, -0.05) is 20.8 Å². The van der Waals surface area contributed by atoms with Gasteiger partial charge in [-0.3, -0.25) is 14.4 Å². The van der Waals surface area contributed by atoms with Gasteiger partial charge in [0.15, 0.2) is 0 Å². The maximum atomic E-state index is 11.4. The van der Waals surface area contributed by atoms with Crippen LogP contribution in [-0.4, -0.2) is 43.9 Å². The Labute approximate surface area is 107 Å². The molecule has 0 heterocycles. The van der Waals surface area contributed by atoms with Crippen molar-refractivity contribution in [2.24, 2.45) is 11.1 Å². The molecule has 0 spiro atoms. The first-order chi connectivity index (χ1) is 8.24. The predicted molar refractivity (Wildman–Crippen MR) is 67.5 cm³/mol. The van der Waals surface area contributed by atoms with Gasteiger partial charge in [-0.05, 0) is 5.41 Å². The van der Waals surface area contributed by atoms with Gasteiger partial charge in [0.25, 0.3) is 0 Å². The van der Waals surface area contributed by atoms with Crippen LogP contribution in [0, 0.1) is 5.41 Å². The second-order valence-corrected chi connectivity index (χ2v) is 5.09. The van der Waals surface area contributed by atoms with E-state index in [0.717, 1.165) is 0 Å². The summed E-state index contributed by atoms with van der Waals surface area (Å²) in [7, 11) is 0. The molecule has 7 nitrogen and oxygen atoms in total. The Morgan fingerprint density at radius 3 is 1.78 bits per heavy atom. The first-order valence-corrected chi connectivity index (χ1v) is 5.75. The lowest BCUT2D eigenvalue weighted by Crippen LogP contribution is -2.44. The fourth-order valence-electron chi connectivity index (χ4n) is 0.919. The van der Waals surface area contributed by atoms with Crippen LogP contribution in [-0.2, 0) is 14.4 Å². The fraction of sp³-hybridized carbons (Fsp3) is 0.727. The normalized spacial score (nSPS) is 10.7. The number of nitrogens with one attached hydrogen (secondary N) is 3. The molecule has 0 rings (SSSR count). The molecule has 0 unspecified atom stereocenters. The molecule has 7 heteroatoms. The average molecular weight is 258 g/mol. The number of amides is 3. The lowest BCUT2D eigenvalue weighted by Gasteiger charge is -2.18. The Morgan fingerprint density at radius 2 is 1.33 bits per heavy atom. The lowest BCUT2D eigenvalue weighted by molar-refractivity contribution is -0.127. The molecule has 5 N–H and O–H groups in total. The summed E-state index contributed by atoms with van der Waals surface area (Å²) in [6.07, 6.45) is 0. The molecule has 0 aromatic carbocycles. The molecule has 3 amide bonds. The maximum Gasteiger partial charge on any atom is 0.239 e. The van der Waals surface area contributed by atoms with E-state index >= 15 is 0 Å². The molecule has 0 atom stereocenters. The monoisotopic (exact) mass is 258 g/mol. The van der Waals surface area contributed by atoms with E-state index in [1.807, 2.05) is 20.8 Å². The summed E-state index contributed by atoms with van der Waals surface area (Å²) in [5.41, 5.74) is 5.05. The standard InChI is InChI=1S/C11H22N4O3/c1-11(2,3)7-15-10(18)6-14-9(17)5-13-8(16)4-12/h4-7,12H2,1-3H3,(H,13,16)(H,14,17)(H,15,18). The summed E-state index contributed by atoms with van der Waals surface area (Å²) in [6, 6.07) is 0. The van der Waals surface area contributed by atoms with Gasteiger partial charge in [-0.25, -0.2) is 0 Å². The van der Waals surface area contributed by atoms with Crippen molar-refractivity contribution in [1.29, 1.82) is 0 Å². The fourth-order valence-corrected chi connectivity index (χ4v) is 0.919. The van der Waals surface area contributed by atoms with Crippen molar-refractivity contribution in [1.82, 2.24) is 16.0 Å². The quantitative estimate of drug-likeness (QED) is 0.456. The van der Waals surface area contributed by atoms with E-state index in [1.54, 1.807) is 0 Å². The summed E-state index contributed by atoms with van der Waals surface area (Å²) in [4.78, 5) is 33.3. The van der Waals surface area contributed by atoms with Crippen LogP contribution in [0.15, 0.2) is 0 Å². The molecular weight excluding hydrogens is 236 g/mol. The van der Waals surface area contributed by atoms with E-state index < -0.39 is 11.8 Å². The predicted octanol–water partition coefficient (Wildman–Crippen LogP) is -1.66. The summed E-state index contributed by atoms with van der Waals surface area (Å²) in [6.45, 7) is 6.07. The van der Waals surface area contributed by atoms with E-state index in [9.17, 15) is 14.4 Å². The minimum Gasteiger partial charge on any atom is -0.354 e. The molecule has 0 aliphatic carbocycles. The Bertz CT molecular complexity index is 310. The van der Waals surface area contributed by atoms with Crippen molar-refractivity contribution in [2.75, 3.05) is 26.2 Å².